The molecule has 5 nitrogen and oxygen atoms in total. The van der Waals surface area contributed by atoms with Gasteiger partial charge in [0, 0.05) is 23.7 Å². The van der Waals surface area contributed by atoms with Crippen LogP contribution in [0.3, 0.4) is 0 Å². The van der Waals surface area contributed by atoms with Crippen LogP contribution in [-0.4, -0.2) is 25.4 Å². The van der Waals surface area contributed by atoms with E-state index in [9.17, 15) is 4.79 Å². The summed E-state index contributed by atoms with van der Waals surface area (Å²) in [5.41, 5.74) is 3.08. The Balaban J connectivity index is 1.89. The highest BCUT2D eigenvalue weighted by Gasteiger charge is 2.14. The van der Waals surface area contributed by atoms with Crippen LogP contribution in [0, 0.1) is 13.8 Å². The number of carboxylic acids is 1. The number of carboxylic acid groups (broad SMARTS) is 1. The van der Waals surface area contributed by atoms with Gasteiger partial charge in [-0.1, -0.05) is 0 Å². The maximum Gasteiger partial charge on any atom is 0.303 e. The van der Waals surface area contributed by atoms with Crippen LogP contribution in [0.1, 0.15) is 29.2 Å². The number of nitrogens with zero attached hydrogens (tertiary/aromatic N) is 3. The van der Waals surface area contributed by atoms with Crippen molar-refractivity contribution in [2.75, 3.05) is 0 Å². The third kappa shape index (κ3) is 2.84. The lowest BCUT2D eigenvalue weighted by Crippen LogP contribution is -1.97. The molecule has 1 N–H and O–H groups in total. The molecule has 0 aliphatic heterocycles. The smallest absolute Gasteiger partial charge is 0.303 e. The molecule has 7 heteroatoms. The molecule has 3 aromatic heterocycles. The fraction of sp³-hybridized carbons (Fsp3) is 0.357. The number of carbonyl (C=O) groups is 1. The molecular formula is C14H15N3O2S2. The van der Waals surface area contributed by atoms with E-state index in [1.807, 2.05) is 20.0 Å². The van der Waals surface area contributed by atoms with E-state index in [0.29, 0.717) is 6.42 Å². The predicted octanol–water partition coefficient (Wildman–Crippen LogP) is 3.54. The van der Waals surface area contributed by atoms with Crippen LogP contribution in [0.2, 0.25) is 0 Å². The molecule has 0 aliphatic rings. The van der Waals surface area contributed by atoms with Gasteiger partial charge in [0.05, 0.1) is 15.6 Å². The first-order valence-corrected chi connectivity index (χ1v) is 8.36. The molecule has 0 amide bonds. The van der Waals surface area contributed by atoms with Crippen molar-refractivity contribution in [1.29, 1.82) is 0 Å². The standard InChI is InChI=1S/C14H15N3O2S2/c1-8-13(21-9(2)15-8)11-6-17-10(4-3-5-12(18)19)7-20-14(17)16-11/h6-7H,3-5H2,1-2H3,(H,18,19). The lowest BCUT2D eigenvalue weighted by atomic mass is 10.2. The Hall–Kier alpha value is -1.73. The molecule has 110 valence electrons. The molecular weight excluding hydrogens is 306 g/mol. The maximum absolute atomic E-state index is 10.6. The van der Waals surface area contributed by atoms with Gasteiger partial charge in [-0.3, -0.25) is 9.20 Å². The number of hydrogen-bond donors (Lipinski definition) is 1. The van der Waals surface area contributed by atoms with Gasteiger partial charge in [-0.15, -0.1) is 22.7 Å². The van der Waals surface area contributed by atoms with E-state index in [4.69, 9.17) is 5.11 Å². The minimum Gasteiger partial charge on any atom is -0.481 e. The average Bonchev–Trinajstić information content (AvgIpc) is 3.04. The molecule has 0 spiro atoms. The molecule has 0 saturated heterocycles. The Kier molecular flexibility index (Phi) is 3.77. The third-order valence-corrected chi connectivity index (χ3v) is 5.23. The van der Waals surface area contributed by atoms with Crippen LogP contribution in [0.4, 0.5) is 0 Å². The topological polar surface area (TPSA) is 67.5 Å². The SMILES string of the molecule is Cc1nc(C)c(-c2cn3c(CCCC(=O)O)csc3n2)s1. The molecule has 0 aromatic carbocycles. The van der Waals surface area contributed by atoms with Crippen molar-refractivity contribution in [2.24, 2.45) is 0 Å². The highest BCUT2D eigenvalue weighted by atomic mass is 32.1. The molecule has 21 heavy (non-hydrogen) atoms. The molecule has 3 aromatic rings. The van der Waals surface area contributed by atoms with Gasteiger partial charge in [0.25, 0.3) is 0 Å². The second-order valence-electron chi connectivity index (χ2n) is 4.90. The van der Waals surface area contributed by atoms with E-state index in [1.165, 1.54) is 0 Å². The summed E-state index contributed by atoms with van der Waals surface area (Å²) in [6.45, 7) is 4.00. The zero-order chi connectivity index (χ0) is 15.0. The monoisotopic (exact) mass is 321 g/mol. The van der Waals surface area contributed by atoms with E-state index >= 15 is 0 Å². The molecule has 0 radical (unpaired) electrons. The minimum atomic E-state index is -0.747. The van der Waals surface area contributed by atoms with Crippen molar-refractivity contribution >= 4 is 33.6 Å². The summed E-state index contributed by atoms with van der Waals surface area (Å²) in [5, 5.41) is 11.8. The van der Waals surface area contributed by atoms with Crippen molar-refractivity contribution in [3.63, 3.8) is 0 Å². The number of aryl methyl sites for hydroxylation is 3. The molecule has 0 saturated carbocycles. The molecule has 0 bridgehead atoms. The highest BCUT2D eigenvalue weighted by molar-refractivity contribution is 7.16. The van der Waals surface area contributed by atoms with Gasteiger partial charge >= 0.3 is 5.97 Å². The predicted molar refractivity (Wildman–Crippen MR) is 84.2 cm³/mol. The maximum atomic E-state index is 10.6. The van der Waals surface area contributed by atoms with Gasteiger partial charge in [0.15, 0.2) is 4.96 Å². The van der Waals surface area contributed by atoms with Crippen molar-refractivity contribution < 1.29 is 9.90 Å². The molecule has 0 atom stereocenters. The van der Waals surface area contributed by atoms with Crippen LogP contribution < -0.4 is 0 Å². The Labute approximate surface area is 129 Å². The lowest BCUT2D eigenvalue weighted by Gasteiger charge is -1.97. The Morgan fingerprint density at radius 1 is 1.38 bits per heavy atom. The summed E-state index contributed by atoms with van der Waals surface area (Å²) in [6.07, 6.45) is 3.63. The first-order valence-electron chi connectivity index (χ1n) is 6.66. The normalized spacial score (nSPS) is 11.3. The Morgan fingerprint density at radius 3 is 2.86 bits per heavy atom. The average molecular weight is 321 g/mol. The van der Waals surface area contributed by atoms with Gasteiger partial charge in [-0.05, 0) is 26.7 Å². The summed E-state index contributed by atoms with van der Waals surface area (Å²) < 4.78 is 2.07. The number of aliphatic carboxylic acids is 1. The number of rotatable bonds is 5. The van der Waals surface area contributed by atoms with Crippen molar-refractivity contribution in [3.8, 4) is 10.6 Å². The van der Waals surface area contributed by atoms with Crippen molar-refractivity contribution in [2.45, 2.75) is 33.1 Å². The first-order chi connectivity index (χ1) is 10.0. The van der Waals surface area contributed by atoms with Crippen LogP contribution in [0.5, 0.6) is 0 Å². The number of imidazole rings is 1. The van der Waals surface area contributed by atoms with E-state index < -0.39 is 5.97 Å². The van der Waals surface area contributed by atoms with Crippen molar-refractivity contribution in [3.05, 3.63) is 28.0 Å². The van der Waals surface area contributed by atoms with Gasteiger partial charge in [0.1, 0.15) is 5.69 Å². The summed E-state index contributed by atoms with van der Waals surface area (Å²) >= 11 is 3.24. The van der Waals surface area contributed by atoms with Gasteiger partial charge in [-0.25, -0.2) is 9.97 Å². The van der Waals surface area contributed by atoms with Crippen LogP contribution >= 0.6 is 22.7 Å². The first kappa shape index (κ1) is 14.2. The summed E-state index contributed by atoms with van der Waals surface area (Å²) in [5.74, 6) is -0.747. The van der Waals surface area contributed by atoms with Crippen molar-refractivity contribution in [1.82, 2.24) is 14.4 Å². The quantitative estimate of drug-likeness (QED) is 0.780. The Bertz CT molecular complexity index is 800. The largest absolute Gasteiger partial charge is 0.481 e. The van der Waals surface area contributed by atoms with E-state index in [-0.39, 0.29) is 6.42 Å². The van der Waals surface area contributed by atoms with Gasteiger partial charge < -0.3 is 5.11 Å². The zero-order valence-electron chi connectivity index (χ0n) is 11.8. The number of thiazole rings is 2. The molecule has 3 heterocycles. The van der Waals surface area contributed by atoms with E-state index in [0.717, 1.165) is 38.3 Å². The fourth-order valence-electron chi connectivity index (χ4n) is 2.31. The number of hydrogen-bond acceptors (Lipinski definition) is 5. The minimum absolute atomic E-state index is 0.200. The van der Waals surface area contributed by atoms with E-state index in [1.54, 1.807) is 22.7 Å². The van der Waals surface area contributed by atoms with Crippen LogP contribution in [-0.2, 0) is 11.2 Å². The molecule has 0 fully saturated rings. The second-order valence-corrected chi connectivity index (χ2v) is 6.94. The molecule has 3 rings (SSSR count). The lowest BCUT2D eigenvalue weighted by molar-refractivity contribution is -0.137. The Morgan fingerprint density at radius 2 is 2.19 bits per heavy atom. The number of aromatic nitrogens is 3. The van der Waals surface area contributed by atoms with Crippen LogP contribution in [0.15, 0.2) is 11.6 Å². The van der Waals surface area contributed by atoms with Gasteiger partial charge in [-0.2, -0.15) is 0 Å². The highest BCUT2D eigenvalue weighted by Crippen LogP contribution is 2.31. The molecule has 0 aliphatic carbocycles. The molecule has 0 unspecified atom stereocenters. The zero-order valence-corrected chi connectivity index (χ0v) is 13.4. The fourth-order valence-corrected chi connectivity index (χ4v) is 4.09. The van der Waals surface area contributed by atoms with E-state index in [2.05, 4.69) is 19.7 Å². The number of fused-ring (bicyclic) bond motifs is 1. The van der Waals surface area contributed by atoms with Gasteiger partial charge in [0.2, 0.25) is 0 Å². The van der Waals surface area contributed by atoms with Crippen LogP contribution in [0.25, 0.3) is 15.5 Å². The summed E-state index contributed by atoms with van der Waals surface area (Å²) in [4.78, 5) is 21.8. The second kappa shape index (κ2) is 5.57. The summed E-state index contributed by atoms with van der Waals surface area (Å²) in [7, 11) is 0. The summed E-state index contributed by atoms with van der Waals surface area (Å²) in [6, 6.07) is 0. The third-order valence-electron chi connectivity index (χ3n) is 3.24.